The zero-order chi connectivity index (χ0) is 45.8. The van der Waals surface area contributed by atoms with Gasteiger partial charge in [-0.3, -0.25) is 0 Å². The van der Waals surface area contributed by atoms with E-state index >= 15 is 0 Å². The molecule has 7 aromatic carbocycles. The van der Waals surface area contributed by atoms with Gasteiger partial charge in [0.15, 0.2) is 0 Å². The normalized spacial score (nSPS) is 13.8. The van der Waals surface area contributed by atoms with Crippen molar-refractivity contribution in [2.24, 2.45) is 0 Å². The van der Waals surface area contributed by atoms with Crippen molar-refractivity contribution in [3.05, 3.63) is 173 Å². The van der Waals surface area contributed by atoms with Crippen LogP contribution in [-0.4, -0.2) is 6.71 Å². The molecule has 0 bridgehead atoms. The molecular weight excluding hydrogens is 785 g/mol. The summed E-state index contributed by atoms with van der Waals surface area (Å²) in [7, 11) is 0. The van der Waals surface area contributed by atoms with Gasteiger partial charge in [0.25, 0.3) is 6.71 Å². The maximum absolute atomic E-state index is 14.8. The van der Waals surface area contributed by atoms with Crippen molar-refractivity contribution in [2.75, 3.05) is 9.80 Å². The van der Waals surface area contributed by atoms with E-state index < -0.39 is 0 Å². The molecule has 2 heterocycles. The van der Waals surface area contributed by atoms with Gasteiger partial charge in [-0.15, -0.1) is 0 Å². The highest BCUT2D eigenvalue weighted by Crippen LogP contribution is 2.52. The molecule has 5 heteroatoms. The molecule has 0 saturated heterocycles. The third-order valence-corrected chi connectivity index (χ3v) is 13.4. The van der Waals surface area contributed by atoms with E-state index in [1.54, 1.807) is 24.3 Å². The molecule has 9 rings (SSSR count). The standard InChI is InChI=1S/C59H61BF2N2/c1-36-30-52-54-53(31-36)64(55-46(37-14-22-43(61)23-15-37)32-42(59(11,12)13)33-47(55)38-16-24-44(62)25-17-38)51-29-21-41(58(8,9)10)35-49(51)60(54)48-34-40(57(5,6)7)20-28-50(48)63(52)45-26-18-39(19-27-45)56(2,3)4/h14-35H,1-13H3. The fourth-order valence-electron chi connectivity index (χ4n) is 9.71. The Kier molecular flexibility index (Phi) is 10.2. The minimum absolute atomic E-state index is 0.00944. The number of halogens is 2. The molecule has 0 radical (unpaired) electrons. The molecule has 0 aliphatic carbocycles. The summed E-state index contributed by atoms with van der Waals surface area (Å²) in [4.78, 5) is 4.96. The lowest BCUT2D eigenvalue weighted by Gasteiger charge is -2.46. The van der Waals surface area contributed by atoms with Crippen LogP contribution in [0.3, 0.4) is 0 Å². The first kappa shape index (κ1) is 43.3. The average Bonchev–Trinajstić information content (AvgIpc) is 3.22. The van der Waals surface area contributed by atoms with E-state index in [0.717, 1.165) is 61.8 Å². The third-order valence-electron chi connectivity index (χ3n) is 13.4. The molecule has 0 saturated carbocycles. The van der Waals surface area contributed by atoms with E-state index in [-0.39, 0.29) is 40.0 Å². The van der Waals surface area contributed by atoms with Crippen LogP contribution in [0.1, 0.15) is 111 Å². The summed E-state index contributed by atoms with van der Waals surface area (Å²) in [5, 5.41) is 0. The second kappa shape index (κ2) is 15.1. The predicted molar refractivity (Wildman–Crippen MR) is 271 cm³/mol. The van der Waals surface area contributed by atoms with Crippen LogP contribution in [0.4, 0.5) is 42.9 Å². The van der Waals surface area contributed by atoms with E-state index in [9.17, 15) is 8.78 Å². The van der Waals surface area contributed by atoms with Gasteiger partial charge in [0, 0.05) is 39.6 Å². The fraction of sp³-hybridized carbons (Fsp3) is 0.288. The monoisotopic (exact) mass is 846 g/mol. The Hall–Kier alpha value is -5.94. The topological polar surface area (TPSA) is 6.48 Å². The van der Waals surface area contributed by atoms with E-state index in [2.05, 4.69) is 185 Å². The zero-order valence-corrected chi connectivity index (χ0v) is 39.9. The van der Waals surface area contributed by atoms with Gasteiger partial charge in [0.05, 0.1) is 5.69 Å². The Labute approximate surface area is 381 Å². The Bertz CT molecular complexity index is 2870. The number of hydrogen-bond donors (Lipinski definition) is 0. The number of anilines is 6. The molecule has 0 N–H and O–H groups in total. The Morgan fingerprint density at radius 3 is 1.20 bits per heavy atom. The number of aryl methyl sites for hydroxylation is 1. The van der Waals surface area contributed by atoms with Crippen LogP contribution >= 0.6 is 0 Å². The van der Waals surface area contributed by atoms with E-state index in [0.29, 0.717) is 0 Å². The zero-order valence-electron chi connectivity index (χ0n) is 39.9. The summed E-state index contributed by atoms with van der Waals surface area (Å²) >= 11 is 0. The number of fused-ring (bicyclic) bond motifs is 4. The van der Waals surface area contributed by atoms with Crippen molar-refractivity contribution < 1.29 is 8.78 Å². The third kappa shape index (κ3) is 7.55. The van der Waals surface area contributed by atoms with Gasteiger partial charge in [-0.1, -0.05) is 144 Å². The summed E-state index contributed by atoms with van der Waals surface area (Å²) in [5.74, 6) is -0.567. The number of nitrogens with zero attached hydrogens (tertiary/aromatic N) is 2. The lowest BCUT2D eigenvalue weighted by molar-refractivity contribution is 0.590. The van der Waals surface area contributed by atoms with Crippen LogP contribution in [0.25, 0.3) is 22.3 Å². The molecule has 64 heavy (non-hydrogen) atoms. The summed E-state index contributed by atoms with van der Waals surface area (Å²) in [6.45, 7) is 29.3. The second-order valence-corrected chi connectivity index (χ2v) is 22.3. The van der Waals surface area contributed by atoms with Gasteiger partial charge in [-0.2, -0.15) is 0 Å². The molecule has 0 fully saturated rings. The quantitative estimate of drug-likeness (QED) is 0.163. The van der Waals surface area contributed by atoms with Crippen LogP contribution in [0.2, 0.25) is 0 Å². The van der Waals surface area contributed by atoms with Crippen molar-refractivity contribution in [3.8, 4) is 22.3 Å². The first-order valence-corrected chi connectivity index (χ1v) is 22.8. The van der Waals surface area contributed by atoms with Gasteiger partial charge in [-0.25, -0.2) is 8.78 Å². The van der Waals surface area contributed by atoms with Crippen molar-refractivity contribution >= 4 is 57.2 Å². The minimum Gasteiger partial charge on any atom is -0.311 e. The number of benzene rings is 7. The molecule has 0 spiro atoms. The maximum atomic E-state index is 14.8. The van der Waals surface area contributed by atoms with Crippen molar-refractivity contribution in [3.63, 3.8) is 0 Å². The average molecular weight is 847 g/mol. The van der Waals surface area contributed by atoms with Crippen LogP contribution in [-0.2, 0) is 21.7 Å². The largest absolute Gasteiger partial charge is 0.311 e. The van der Waals surface area contributed by atoms with E-state index in [4.69, 9.17) is 0 Å². The molecular formula is C59H61BF2N2. The lowest BCUT2D eigenvalue weighted by Crippen LogP contribution is -2.61. The van der Waals surface area contributed by atoms with Gasteiger partial charge in [0.2, 0.25) is 0 Å². The minimum atomic E-state index is -0.284. The van der Waals surface area contributed by atoms with Crippen LogP contribution in [0, 0.1) is 18.6 Å². The summed E-state index contributed by atoms with van der Waals surface area (Å²) in [6, 6.07) is 46.4. The Morgan fingerprint density at radius 2 is 0.781 bits per heavy atom. The van der Waals surface area contributed by atoms with Crippen LogP contribution < -0.4 is 26.2 Å². The molecule has 2 aliphatic rings. The molecule has 324 valence electrons. The van der Waals surface area contributed by atoms with Crippen molar-refractivity contribution in [1.29, 1.82) is 0 Å². The number of hydrogen-bond acceptors (Lipinski definition) is 2. The predicted octanol–water partition coefficient (Wildman–Crippen LogP) is 14.9. The summed E-state index contributed by atoms with van der Waals surface area (Å²) in [6.07, 6.45) is 0. The molecule has 2 nitrogen and oxygen atoms in total. The number of rotatable bonds is 4. The first-order chi connectivity index (χ1) is 30.0. The highest BCUT2D eigenvalue weighted by molar-refractivity contribution is 7.00. The van der Waals surface area contributed by atoms with E-state index in [1.165, 1.54) is 38.8 Å². The van der Waals surface area contributed by atoms with Gasteiger partial charge in [0.1, 0.15) is 11.6 Å². The smallest absolute Gasteiger partial charge is 0.252 e. The molecule has 0 aromatic heterocycles. The molecule has 7 aromatic rings. The summed E-state index contributed by atoms with van der Waals surface area (Å²) < 4.78 is 29.7. The highest BCUT2D eigenvalue weighted by Gasteiger charge is 2.45. The van der Waals surface area contributed by atoms with Crippen LogP contribution in [0.15, 0.2) is 133 Å². The summed E-state index contributed by atoms with van der Waals surface area (Å²) in [5.41, 5.74) is 19.8. The molecule has 0 amide bonds. The van der Waals surface area contributed by atoms with Gasteiger partial charge < -0.3 is 9.80 Å². The Morgan fingerprint density at radius 1 is 0.391 bits per heavy atom. The molecule has 0 unspecified atom stereocenters. The fourth-order valence-corrected chi connectivity index (χ4v) is 9.71. The van der Waals surface area contributed by atoms with Gasteiger partial charge in [-0.05, 0) is 157 Å². The molecule has 2 aliphatic heterocycles. The second-order valence-electron chi connectivity index (χ2n) is 22.3. The SMILES string of the molecule is Cc1cc2c3c(c1)N(c1c(-c4ccc(F)cc4)cc(C(C)(C)C)cc1-c1ccc(F)cc1)c1ccc(C(C)(C)C)cc1B3c1cc(C(C)(C)C)ccc1N2c1ccc(C(C)(C)C)cc1. The van der Waals surface area contributed by atoms with Gasteiger partial charge >= 0.3 is 0 Å². The maximum Gasteiger partial charge on any atom is 0.252 e. The first-order valence-electron chi connectivity index (χ1n) is 22.8. The lowest BCUT2D eigenvalue weighted by atomic mass is 9.33. The van der Waals surface area contributed by atoms with Crippen LogP contribution in [0.5, 0.6) is 0 Å². The van der Waals surface area contributed by atoms with Crippen molar-refractivity contribution in [1.82, 2.24) is 0 Å². The molecule has 0 atom stereocenters. The van der Waals surface area contributed by atoms with Crippen molar-refractivity contribution in [2.45, 2.75) is 112 Å². The highest BCUT2D eigenvalue weighted by atomic mass is 19.1. The Balaban J connectivity index is 1.45. The van der Waals surface area contributed by atoms with E-state index in [1.807, 2.05) is 24.3 Å².